The molecule has 166 valence electrons. The summed E-state index contributed by atoms with van der Waals surface area (Å²) in [6.07, 6.45) is 3.49. The van der Waals surface area contributed by atoms with Crippen molar-refractivity contribution in [1.29, 1.82) is 0 Å². The number of aryl methyl sites for hydroxylation is 2. The molecule has 0 fully saturated rings. The molecule has 0 atom stereocenters. The minimum absolute atomic E-state index is 0.0355. The summed E-state index contributed by atoms with van der Waals surface area (Å²) < 4.78 is 1.80. The molecule has 0 spiro atoms. The van der Waals surface area contributed by atoms with E-state index in [2.05, 4.69) is 10.4 Å². The van der Waals surface area contributed by atoms with Gasteiger partial charge in [-0.15, -0.1) is 0 Å². The standard InChI is InChI=1S/C26H25N5O2/c1-3-31-25-22(16-27-31)21(15-23(29-25)18-8-5-4-6-9-18)26(33)28-20-11-12-24-19(14-20)10-7-13-30(24)17(2)32/h4-6,8-9,11-12,14-16H,3,7,10,13H2,1-2H3,(H,28,33). The first-order chi connectivity index (χ1) is 16.0. The predicted octanol–water partition coefficient (Wildman–Crippen LogP) is 4.67. The molecule has 2 amide bonds. The van der Waals surface area contributed by atoms with E-state index in [0.29, 0.717) is 23.4 Å². The van der Waals surface area contributed by atoms with Crippen molar-refractivity contribution in [2.45, 2.75) is 33.2 Å². The molecule has 3 heterocycles. The van der Waals surface area contributed by atoms with Gasteiger partial charge in [-0.3, -0.25) is 9.59 Å². The Kier molecular flexibility index (Phi) is 5.38. The summed E-state index contributed by atoms with van der Waals surface area (Å²) in [5.41, 5.74) is 5.58. The van der Waals surface area contributed by atoms with Crippen LogP contribution >= 0.6 is 0 Å². The van der Waals surface area contributed by atoms with E-state index in [0.717, 1.165) is 47.3 Å². The SMILES string of the molecule is CCn1ncc2c(C(=O)Nc3ccc4c(c3)CCCN4C(C)=O)cc(-c3ccccc3)nc21. The Morgan fingerprint density at radius 2 is 1.91 bits per heavy atom. The molecule has 1 aliphatic rings. The van der Waals surface area contributed by atoms with Crippen LogP contribution in [0.25, 0.3) is 22.3 Å². The second-order valence-electron chi connectivity index (χ2n) is 8.19. The van der Waals surface area contributed by atoms with Gasteiger partial charge in [0.15, 0.2) is 5.65 Å². The molecular weight excluding hydrogens is 414 g/mol. The minimum Gasteiger partial charge on any atom is -0.322 e. The van der Waals surface area contributed by atoms with Crippen LogP contribution in [0.1, 0.15) is 36.2 Å². The van der Waals surface area contributed by atoms with Crippen LogP contribution in [0.4, 0.5) is 11.4 Å². The van der Waals surface area contributed by atoms with Gasteiger partial charge >= 0.3 is 0 Å². The van der Waals surface area contributed by atoms with Gasteiger partial charge < -0.3 is 10.2 Å². The summed E-state index contributed by atoms with van der Waals surface area (Å²) in [5.74, 6) is -0.178. The lowest BCUT2D eigenvalue weighted by Crippen LogP contribution is -2.33. The number of carbonyl (C=O) groups excluding carboxylic acids is 2. The monoisotopic (exact) mass is 439 g/mol. The Labute approximate surface area is 192 Å². The average molecular weight is 440 g/mol. The van der Waals surface area contributed by atoms with Crippen molar-refractivity contribution in [3.63, 3.8) is 0 Å². The van der Waals surface area contributed by atoms with Gasteiger partial charge in [0.05, 0.1) is 22.8 Å². The zero-order valence-electron chi connectivity index (χ0n) is 18.7. The number of amides is 2. The van der Waals surface area contributed by atoms with Crippen molar-refractivity contribution in [3.05, 3.63) is 71.9 Å². The van der Waals surface area contributed by atoms with Crippen LogP contribution in [0.2, 0.25) is 0 Å². The van der Waals surface area contributed by atoms with Crippen LogP contribution in [0.5, 0.6) is 0 Å². The Morgan fingerprint density at radius 3 is 2.67 bits per heavy atom. The molecule has 7 heteroatoms. The maximum Gasteiger partial charge on any atom is 0.256 e. The van der Waals surface area contributed by atoms with Gasteiger partial charge in [0.2, 0.25) is 5.91 Å². The molecule has 1 N–H and O–H groups in total. The number of hydrogen-bond donors (Lipinski definition) is 1. The smallest absolute Gasteiger partial charge is 0.256 e. The molecule has 0 radical (unpaired) electrons. The molecule has 33 heavy (non-hydrogen) atoms. The molecule has 0 bridgehead atoms. The number of pyridine rings is 1. The van der Waals surface area contributed by atoms with Crippen LogP contribution in [0, 0.1) is 0 Å². The summed E-state index contributed by atoms with van der Waals surface area (Å²) in [4.78, 5) is 31.9. The highest BCUT2D eigenvalue weighted by atomic mass is 16.2. The molecular formula is C26H25N5O2. The van der Waals surface area contributed by atoms with E-state index in [-0.39, 0.29) is 11.8 Å². The maximum absolute atomic E-state index is 13.4. The average Bonchev–Trinajstić information content (AvgIpc) is 3.26. The number of anilines is 2. The fourth-order valence-electron chi connectivity index (χ4n) is 4.42. The maximum atomic E-state index is 13.4. The molecule has 2 aromatic heterocycles. The second-order valence-corrected chi connectivity index (χ2v) is 8.19. The minimum atomic E-state index is -0.214. The Morgan fingerprint density at radius 1 is 1.09 bits per heavy atom. The van der Waals surface area contributed by atoms with Gasteiger partial charge in [0, 0.05) is 37.0 Å². The third-order valence-electron chi connectivity index (χ3n) is 6.06. The lowest BCUT2D eigenvalue weighted by atomic mass is 10.0. The van der Waals surface area contributed by atoms with E-state index < -0.39 is 0 Å². The van der Waals surface area contributed by atoms with Crippen molar-refractivity contribution in [2.24, 2.45) is 0 Å². The summed E-state index contributed by atoms with van der Waals surface area (Å²) in [5, 5.41) is 8.18. The molecule has 4 aromatic rings. The summed E-state index contributed by atoms with van der Waals surface area (Å²) >= 11 is 0. The molecule has 0 saturated carbocycles. The fourth-order valence-corrected chi connectivity index (χ4v) is 4.42. The Bertz CT molecular complexity index is 1360. The fraction of sp³-hybridized carbons (Fsp3) is 0.231. The lowest BCUT2D eigenvalue weighted by molar-refractivity contribution is -0.116. The largest absolute Gasteiger partial charge is 0.322 e. The number of nitrogens with zero attached hydrogens (tertiary/aromatic N) is 4. The Hall–Kier alpha value is -4.00. The van der Waals surface area contributed by atoms with Crippen molar-refractivity contribution in [2.75, 3.05) is 16.8 Å². The second kappa shape index (κ2) is 8.50. The van der Waals surface area contributed by atoms with Crippen molar-refractivity contribution in [1.82, 2.24) is 14.8 Å². The lowest BCUT2D eigenvalue weighted by Gasteiger charge is -2.29. The van der Waals surface area contributed by atoms with Gasteiger partial charge in [-0.05, 0) is 49.6 Å². The van der Waals surface area contributed by atoms with E-state index in [4.69, 9.17) is 4.98 Å². The zero-order valence-corrected chi connectivity index (χ0v) is 18.7. The quantitative estimate of drug-likeness (QED) is 0.501. The number of nitrogens with one attached hydrogen (secondary N) is 1. The summed E-state index contributed by atoms with van der Waals surface area (Å²) in [6, 6.07) is 17.4. The highest BCUT2D eigenvalue weighted by Gasteiger charge is 2.21. The number of fused-ring (bicyclic) bond motifs is 2. The van der Waals surface area contributed by atoms with Crippen molar-refractivity contribution >= 4 is 34.2 Å². The first-order valence-corrected chi connectivity index (χ1v) is 11.2. The highest BCUT2D eigenvalue weighted by molar-refractivity contribution is 6.12. The van der Waals surface area contributed by atoms with Crippen molar-refractivity contribution < 1.29 is 9.59 Å². The molecule has 1 aliphatic heterocycles. The number of rotatable bonds is 4. The Balaban J connectivity index is 1.52. The first kappa shape index (κ1) is 20.9. The van der Waals surface area contributed by atoms with Crippen LogP contribution in [0.15, 0.2) is 60.8 Å². The zero-order chi connectivity index (χ0) is 22.9. The summed E-state index contributed by atoms with van der Waals surface area (Å²) in [6.45, 7) is 4.97. The number of carbonyl (C=O) groups is 2. The van der Waals surface area contributed by atoms with Gasteiger partial charge in [0.1, 0.15) is 0 Å². The summed E-state index contributed by atoms with van der Waals surface area (Å²) in [7, 11) is 0. The molecule has 5 rings (SSSR count). The first-order valence-electron chi connectivity index (χ1n) is 11.2. The van der Waals surface area contributed by atoms with Gasteiger partial charge in [0.25, 0.3) is 5.91 Å². The van der Waals surface area contributed by atoms with Gasteiger partial charge in [-0.2, -0.15) is 5.10 Å². The van der Waals surface area contributed by atoms with Gasteiger partial charge in [-0.25, -0.2) is 9.67 Å². The van der Waals surface area contributed by atoms with E-state index in [1.165, 1.54) is 0 Å². The number of benzene rings is 2. The highest BCUT2D eigenvalue weighted by Crippen LogP contribution is 2.31. The number of aromatic nitrogens is 3. The predicted molar refractivity (Wildman–Crippen MR) is 129 cm³/mol. The van der Waals surface area contributed by atoms with Crippen LogP contribution in [-0.4, -0.2) is 33.1 Å². The van der Waals surface area contributed by atoms with Crippen LogP contribution in [0.3, 0.4) is 0 Å². The van der Waals surface area contributed by atoms with Gasteiger partial charge in [-0.1, -0.05) is 30.3 Å². The van der Waals surface area contributed by atoms with E-state index in [1.54, 1.807) is 22.7 Å². The molecule has 7 nitrogen and oxygen atoms in total. The van der Waals surface area contributed by atoms with Crippen molar-refractivity contribution in [3.8, 4) is 11.3 Å². The molecule has 0 unspecified atom stereocenters. The number of hydrogen-bond acceptors (Lipinski definition) is 4. The van der Waals surface area contributed by atoms with Crippen LogP contribution in [-0.2, 0) is 17.8 Å². The topological polar surface area (TPSA) is 80.1 Å². The molecule has 0 saturated heterocycles. The van der Waals surface area contributed by atoms with E-state index >= 15 is 0 Å². The third-order valence-corrected chi connectivity index (χ3v) is 6.06. The normalized spacial score (nSPS) is 13.1. The molecule has 2 aromatic carbocycles. The van der Waals surface area contributed by atoms with E-state index in [1.807, 2.05) is 61.5 Å². The van der Waals surface area contributed by atoms with E-state index in [9.17, 15) is 9.59 Å². The third kappa shape index (κ3) is 3.86. The molecule has 0 aliphatic carbocycles. The van der Waals surface area contributed by atoms with Crippen LogP contribution < -0.4 is 10.2 Å².